The van der Waals surface area contributed by atoms with Crippen molar-refractivity contribution in [3.05, 3.63) is 12.2 Å². The molecule has 0 bridgehead atoms. The molecule has 2 atom stereocenters. The number of hydrogen-bond acceptors (Lipinski definition) is 4. The largest absolute Gasteiger partial charge is 0.481 e. The second-order valence-electron chi connectivity index (χ2n) is 7.95. The quantitative estimate of drug-likeness (QED) is 0.364. The molecule has 1 aliphatic heterocycles. The summed E-state index contributed by atoms with van der Waals surface area (Å²) in [6.07, 6.45) is 14.7. The predicted molar refractivity (Wildman–Crippen MR) is 104 cm³/mol. The zero-order chi connectivity index (χ0) is 19.5. The number of allylic oxidation sites excluding steroid dienone is 2. The number of ketones is 1. The molecule has 1 aliphatic carbocycles. The normalized spacial score (nSPS) is 24.2. The molecule has 1 saturated carbocycles. The number of ether oxygens (including phenoxy) is 2. The van der Waals surface area contributed by atoms with Gasteiger partial charge in [0.05, 0.1) is 13.2 Å². The van der Waals surface area contributed by atoms with Gasteiger partial charge in [-0.2, -0.15) is 0 Å². The van der Waals surface area contributed by atoms with Gasteiger partial charge in [-0.25, -0.2) is 0 Å². The van der Waals surface area contributed by atoms with Gasteiger partial charge < -0.3 is 14.6 Å². The van der Waals surface area contributed by atoms with Crippen LogP contribution in [-0.2, 0) is 19.1 Å². The van der Waals surface area contributed by atoms with Gasteiger partial charge in [0.25, 0.3) is 0 Å². The fraction of sp³-hybridized carbons (Fsp3) is 0.818. The van der Waals surface area contributed by atoms with E-state index in [4.69, 9.17) is 14.6 Å². The van der Waals surface area contributed by atoms with E-state index in [1.807, 2.05) is 0 Å². The van der Waals surface area contributed by atoms with Gasteiger partial charge in [-0.15, -0.1) is 0 Å². The van der Waals surface area contributed by atoms with E-state index in [9.17, 15) is 9.59 Å². The van der Waals surface area contributed by atoms with Crippen LogP contribution in [0.15, 0.2) is 12.2 Å². The third-order valence-electron chi connectivity index (χ3n) is 5.90. The Hall–Kier alpha value is -1.20. The summed E-state index contributed by atoms with van der Waals surface area (Å²) >= 11 is 0. The highest BCUT2D eigenvalue weighted by Gasteiger charge is 2.51. The Bertz CT molecular complexity index is 493. The lowest BCUT2D eigenvalue weighted by Gasteiger charge is -2.31. The van der Waals surface area contributed by atoms with Gasteiger partial charge >= 0.3 is 5.97 Å². The molecule has 2 aliphatic rings. The minimum Gasteiger partial charge on any atom is -0.481 e. The average Bonchev–Trinajstić information content (AvgIpc) is 3.24. The Balaban J connectivity index is 1.83. The maximum absolute atomic E-state index is 12.1. The summed E-state index contributed by atoms with van der Waals surface area (Å²) in [6.45, 7) is 3.45. The number of aliphatic carboxylic acids is 1. The summed E-state index contributed by atoms with van der Waals surface area (Å²) in [4.78, 5) is 22.7. The fourth-order valence-corrected chi connectivity index (χ4v) is 4.43. The van der Waals surface area contributed by atoms with Crippen LogP contribution < -0.4 is 0 Å². The van der Waals surface area contributed by atoms with Crippen molar-refractivity contribution in [1.82, 2.24) is 0 Å². The molecule has 5 nitrogen and oxygen atoms in total. The number of carbonyl (C=O) groups is 2. The van der Waals surface area contributed by atoms with E-state index in [1.54, 1.807) is 6.08 Å². The van der Waals surface area contributed by atoms with Gasteiger partial charge in [-0.3, -0.25) is 9.59 Å². The summed E-state index contributed by atoms with van der Waals surface area (Å²) in [6, 6.07) is 0. The second-order valence-corrected chi connectivity index (χ2v) is 7.95. The maximum Gasteiger partial charge on any atom is 0.303 e. The van der Waals surface area contributed by atoms with Gasteiger partial charge in [-0.1, -0.05) is 45.1 Å². The third-order valence-corrected chi connectivity index (χ3v) is 5.90. The molecule has 0 radical (unpaired) electrons. The molecular formula is C22H36O5. The lowest BCUT2D eigenvalue weighted by Crippen LogP contribution is -2.36. The Morgan fingerprint density at radius 3 is 2.44 bits per heavy atom. The molecule has 1 spiro atoms. The molecular weight excluding hydrogens is 344 g/mol. The molecule has 0 amide bonds. The van der Waals surface area contributed by atoms with Crippen LogP contribution in [0.4, 0.5) is 0 Å². The van der Waals surface area contributed by atoms with Gasteiger partial charge in [0.2, 0.25) is 0 Å². The van der Waals surface area contributed by atoms with E-state index in [-0.39, 0.29) is 12.2 Å². The molecule has 154 valence electrons. The highest BCUT2D eigenvalue weighted by Crippen LogP contribution is 2.48. The number of unbranched alkanes of at least 4 members (excludes halogenated alkanes) is 5. The van der Waals surface area contributed by atoms with Crippen molar-refractivity contribution >= 4 is 11.8 Å². The molecule has 1 N–H and O–H groups in total. The van der Waals surface area contributed by atoms with Crippen molar-refractivity contribution in [2.45, 2.75) is 89.8 Å². The van der Waals surface area contributed by atoms with Crippen LogP contribution in [0.5, 0.6) is 0 Å². The number of carboxylic acid groups (broad SMARTS) is 1. The van der Waals surface area contributed by atoms with Crippen molar-refractivity contribution in [3.8, 4) is 0 Å². The van der Waals surface area contributed by atoms with E-state index in [2.05, 4.69) is 13.0 Å². The van der Waals surface area contributed by atoms with Crippen molar-refractivity contribution in [2.75, 3.05) is 13.2 Å². The Kier molecular flexibility index (Phi) is 9.49. The minimum absolute atomic E-state index is 0.227. The van der Waals surface area contributed by atoms with Crippen LogP contribution in [0.2, 0.25) is 0 Å². The Morgan fingerprint density at radius 1 is 1.04 bits per heavy atom. The van der Waals surface area contributed by atoms with Crippen LogP contribution in [0.3, 0.4) is 0 Å². The predicted octanol–water partition coefficient (Wildman–Crippen LogP) is 4.89. The highest BCUT2D eigenvalue weighted by atomic mass is 16.7. The first-order valence-electron chi connectivity index (χ1n) is 10.8. The van der Waals surface area contributed by atoms with Crippen molar-refractivity contribution in [2.24, 2.45) is 11.8 Å². The highest BCUT2D eigenvalue weighted by molar-refractivity contribution is 5.89. The summed E-state index contributed by atoms with van der Waals surface area (Å²) in [5.74, 6) is -0.325. The lowest BCUT2D eigenvalue weighted by molar-refractivity contribution is -0.186. The van der Waals surface area contributed by atoms with Crippen molar-refractivity contribution < 1.29 is 24.2 Å². The second kappa shape index (κ2) is 11.6. The molecule has 1 heterocycles. The first kappa shape index (κ1) is 22.1. The smallest absolute Gasteiger partial charge is 0.303 e. The van der Waals surface area contributed by atoms with Gasteiger partial charge in [0, 0.05) is 25.2 Å². The third kappa shape index (κ3) is 7.04. The standard InChI is InChI=1S/C22H36O5/c1-2-3-6-9-19(23)13-12-18-14-15-22(26-16-17-27-22)20(18)10-7-4-5-8-11-21(24)25/h12-13,18,20H,2-11,14-17H2,1H3,(H,24,25)/t18-,20+/m0/s1. The van der Waals surface area contributed by atoms with Crippen LogP contribution >= 0.6 is 0 Å². The van der Waals surface area contributed by atoms with E-state index in [1.165, 1.54) is 0 Å². The first-order valence-corrected chi connectivity index (χ1v) is 10.8. The maximum atomic E-state index is 12.1. The Morgan fingerprint density at radius 2 is 1.74 bits per heavy atom. The SMILES string of the molecule is CCCCCC(=O)C=C[C@H]1CCC2(OCCO2)[C@@H]1CCCCCCC(=O)O. The number of hydrogen-bond donors (Lipinski definition) is 1. The first-order chi connectivity index (χ1) is 13.1. The number of carbonyl (C=O) groups excluding carboxylic acids is 1. The zero-order valence-corrected chi connectivity index (χ0v) is 16.8. The van der Waals surface area contributed by atoms with E-state index in [0.29, 0.717) is 31.5 Å². The molecule has 0 aromatic carbocycles. The molecule has 0 aromatic heterocycles. The molecule has 27 heavy (non-hydrogen) atoms. The van der Waals surface area contributed by atoms with Gasteiger partial charge in [0.15, 0.2) is 11.6 Å². The lowest BCUT2D eigenvalue weighted by atomic mass is 9.87. The summed E-state index contributed by atoms with van der Waals surface area (Å²) < 4.78 is 12.0. The van der Waals surface area contributed by atoms with E-state index < -0.39 is 11.8 Å². The molecule has 2 rings (SSSR count). The van der Waals surface area contributed by atoms with E-state index in [0.717, 1.165) is 64.2 Å². The van der Waals surface area contributed by atoms with Crippen molar-refractivity contribution in [1.29, 1.82) is 0 Å². The van der Waals surface area contributed by atoms with Gasteiger partial charge in [0.1, 0.15) is 0 Å². The average molecular weight is 381 g/mol. The number of carboxylic acids is 1. The van der Waals surface area contributed by atoms with Crippen LogP contribution in [0, 0.1) is 11.8 Å². The van der Waals surface area contributed by atoms with Crippen molar-refractivity contribution in [3.63, 3.8) is 0 Å². The minimum atomic E-state index is -0.716. The topological polar surface area (TPSA) is 72.8 Å². The summed E-state index contributed by atoms with van der Waals surface area (Å²) in [7, 11) is 0. The van der Waals surface area contributed by atoms with Crippen LogP contribution in [0.1, 0.15) is 84.0 Å². The summed E-state index contributed by atoms with van der Waals surface area (Å²) in [5.41, 5.74) is 0. The van der Waals surface area contributed by atoms with Gasteiger partial charge in [-0.05, 0) is 37.7 Å². The zero-order valence-electron chi connectivity index (χ0n) is 16.8. The Labute approximate surface area is 163 Å². The van der Waals surface area contributed by atoms with Crippen LogP contribution in [0.25, 0.3) is 0 Å². The summed E-state index contributed by atoms with van der Waals surface area (Å²) in [5, 5.41) is 8.72. The monoisotopic (exact) mass is 380 g/mol. The molecule has 1 saturated heterocycles. The molecule has 0 unspecified atom stereocenters. The molecule has 0 aromatic rings. The van der Waals surface area contributed by atoms with E-state index >= 15 is 0 Å². The molecule has 2 fully saturated rings. The number of rotatable bonds is 13. The van der Waals surface area contributed by atoms with Crippen LogP contribution in [-0.4, -0.2) is 35.9 Å². The molecule has 5 heteroatoms. The fourth-order valence-electron chi connectivity index (χ4n) is 4.43.